The number of imide groups is 1. The monoisotopic (exact) mass is 768 g/mol. The maximum absolute atomic E-state index is 14.2. The molecule has 0 saturated carbocycles. The van der Waals surface area contributed by atoms with E-state index in [2.05, 4.69) is 21.3 Å². The zero-order valence-electron chi connectivity index (χ0n) is 33.3. The van der Waals surface area contributed by atoms with E-state index in [1.807, 2.05) is 48.5 Å². The molecule has 0 saturated heterocycles. The Bertz CT molecular complexity index is 1670. The zero-order chi connectivity index (χ0) is 42.0. The van der Waals surface area contributed by atoms with Crippen molar-refractivity contribution in [3.63, 3.8) is 0 Å². The number of carbonyl (C=O) groups is 8. The van der Waals surface area contributed by atoms with Crippen LogP contribution < -0.4 is 21.3 Å². The van der Waals surface area contributed by atoms with Crippen molar-refractivity contribution in [3.05, 3.63) is 59.2 Å². The average molecular weight is 769 g/mol. The molecule has 0 fully saturated rings. The molecule has 0 aliphatic carbocycles. The van der Waals surface area contributed by atoms with Gasteiger partial charge in [-0.1, -0.05) is 66.7 Å². The predicted molar refractivity (Wildman–Crippen MR) is 203 cm³/mol. The van der Waals surface area contributed by atoms with Crippen LogP contribution in [0, 0.1) is 11.3 Å². The molecule has 0 spiro atoms. The summed E-state index contributed by atoms with van der Waals surface area (Å²) in [7, 11) is 3.19. The van der Waals surface area contributed by atoms with Crippen LogP contribution in [0.1, 0.15) is 84.2 Å². The third-order valence-electron chi connectivity index (χ3n) is 9.59. The number of likely N-dealkylation sites (N-methyl/N-ethyl adjacent to an activating group) is 2. The number of benzene rings is 1. The number of carboxylic acids is 2. The molecule has 55 heavy (non-hydrogen) atoms. The van der Waals surface area contributed by atoms with Crippen LogP contribution in [0.15, 0.2) is 48.1 Å². The van der Waals surface area contributed by atoms with Gasteiger partial charge in [0, 0.05) is 55.3 Å². The molecule has 0 radical (unpaired) electrons. The van der Waals surface area contributed by atoms with Crippen LogP contribution in [0.2, 0.25) is 0 Å². The molecule has 1 aromatic carbocycles. The van der Waals surface area contributed by atoms with Gasteiger partial charge in [-0.2, -0.15) is 0 Å². The molecule has 1 aromatic rings. The summed E-state index contributed by atoms with van der Waals surface area (Å²) >= 11 is 0. The fourth-order valence-electron chi connectivity index (χ4n) is 6.18. The van der Waals surface area contributed by atoms with Crippen molar-refractivity contribution in [1.29, 1.82) is 0 Å². The number of hydrogen-bond donors (Lipinski definition) is 6. The highest BCUT2D eigenvalue weighted by atomic mass is 16.4. The molecule has 4 atom stereocenters. The molecular formula is C39H56N6O10. The van der Waals surface area contributed by atoms with Crippen LogP contribution in [0.3, 0.4) is 0 Å². The van der Waals surface area contributed by atoms with E-state index >= 15 is 0 Å². The number of carbonyl (C=O) groups excluding carboxylic acids is 6. The van der Waals surface area contributed by atoms with Crippen LogP contribution in [0.5, 0.6) is 0 Å². The van der Waals surface area contributed by atoms with Crippen molar-refractivity contribution in [3.8, 4) is 0 Å². The Morgan fingerprint density at radius 2 is 1.45 bits per heavy atom. The van der Waals surface area contributed by atoms with E-state index in [-0.39, 0.29) is 31.0 Å². The molecule has 302 valence electrons. The molecule has 2 rings (SSSR count). The molecule has 1 aliphatic rings. The normalized spacial score (nSPS) is 15.6. The Hall–Kier alpha value is -5.38. The van der Waals surface area contributed by atoms with Crippen molar-refractivity contribution in [1.82, 2.24) is 31.1 Å². The van der Waals surface area contributed by atoms with Crippen molar-refractivity contribution < 1.29 is 48.6 Å². The van der Waals surface area contributed by atoms with E-state index in [4.69, 9.17) is 5.11 Å². The van der Waals surface area contributed by atoms with E-state index in [0.29, 0.717) is 5.56 Å². The maximum atomic E-state index is 14.2. The standard InChI is InChI=1S/C39H56N6O10/c1-22(2)27(21-23(3)33(50)42-26(37(54)55)15-18-30(48)49)44(10)36(53)32(38(4,5)6)43-35(52)31(40-9)39(7,8)25-13-11-24(12-14-25)34(51)41-19-20-45-28(46)16-17-29(45)47/h11-14,16-17,21-22,26-27,31-32,40H,15,18-20H2,1-10H3,(H,41,51)(H,42,50)(H,43,52)(H,48,49)(H,54,55)/b23-21+/t26-,27-,31?,32-/m1/s1. The highest BCUT2D eigenvalue weighted by Gasteiger charge is 2.42. The van der Waals surface area contributed by atoms with E-state index in [9.17, 15) is 43.5 Å². The van der Waals surface area contributed by atoms with Gasteiger partial charge in [0.25, 0.3) is 17.7 Å². The molecular weight excluding hydrogens is 712 g/mol. The van der Waals surface area contributed by atoms with E-state index in [0.717, 1.165) is 10.5 Å². The lowest BCUT2D eigenvalue weighted by Gasteiger charge is -2.40. The minimum Gasteiger partial charge on any atom is -0.481 e. The largest absolute Gasteiger partial charge is 0.481 e. The molecule has 0 aromatic heterocycles. The zero-order valence-corrected chi connectivity index (χ0v) is 33.3. The SMILES string of the molecule is CNC(C(=O)N[C@H](C(=O)N(C)[C@H](/C=C(\C)C(=O)N[C@H](CCC(=O)O)C(=O)O)C(C)C)C(C)(C)C)C(C)(C)c1ccc(C(=O)NCCN2C(=O)C=CC2=O)cc1. The number of amides is 6. The topological polar surface area (TPSA) is 232 Å². The smallest absolute Gasteiger partial charge is 0.326 e. The van der Waals surface area contributed by atoms with Gasteiger partial charge < -0.3 is 36.4 Å². The van der Waals surface area contributed by atoms with Crippen molar-refractivity contribution in [2.45, 2.75) is 97.8 Å². The summed E-state index contributed by atoms with van der Waals surface area (Å²) in [5, 5.41) is 29.5. The molecule has 1 aliphatic heterocycles. The summed E-state index contributed by atoms with van der Waals surface area (Å²) in [6, 6.07) is 2.77. The molecule has 16 nitrogen and oxygen atoms in total. The first kappa shape index (κ1) is 45.8. The summed E-state index contributed by atoms with van der Waals surface area (Å²) in [6.07, 6.45) is 3.15. The summed E-state index contributed by atoms with van der Waals surface area (Å²) in [4.78, 5) is 103. The van der Waals surface area contributed by atoms with Crippen molar-refractivity contribution in [2.75, 3.05) is 27.2 Å². The van der Waals surface area contributed by atoms with Gasteiger partial charge in [0.2, 0.25) is 17.7 Å². The minimum absolute atomic E-state index is 0.0342. The third-order valence-corrected chi connectivity index (χ3v) is 9.59. The van der Waals surface area contributed by atoms with Gasteiger partial charge in [0.15, 0.2) is 0 Å². The second-order valence-corrected chi connectivity index (χ2v) is 15.6. The van der Waals surface area contributed by atoms with Gasteiger partial charge in [-0.3, -0.25) is 38.5 Å². The van der Waals surface area contributed by atoms with Crippen LogP contribution in [-0.2, 0) is 39.0 Å². The van der Waals surface area contributed by atoms with Gasteiger partial charge in [0.1, 0.15) is 12.1 Å². The number of nitrogens with one attached hydrogen (secondary N) is 4. The predicted octanol–water partition coefficient (Wildman–Crippen LogP) is 1.60. The quantitative estimate of drug-likeness (QED) is 0.0875. The minimum atomic E-state index is -1.42. The molecule has 6 N–H and O–H groups in total. The number of aliphatic carboxylic acids is 2. The maximum Gasteiger partial charge on any atom is 0.326 e. The number of nitrogens with zero attached hydrogens (tertiary/aromatic N) is 2. The van der Waals surface area contributed by atoms with Gasteiger partial charge in [-0.25, -0.2) is 4.79 Å². The highest BCUT2D eigenvalue weighted by molar-refractivity contribution is 6.12. The van der Waals surface area contributed by atoms with Crippen LogP contribution in [0.25, 0.3) is 0 Å². The van der Waals surface area contributed by atoms with Crippen LogP contribution in [-0.4, -0.2) is 119 Å². The summed E-state index contributed by atoms with van der Waals surface area (Å²) in [5.74, 6) is -5.65. The summed E-state index contributed by atoms with van der Waals surface area (Å²) in [5.41, 5.74) is -0.420. The number of carboxylic acid groups (broad SMARTS) is 2. The van der Waals surface area contributed by atoms with Crippen molar-refractivity contribution >= 4 is 47.4 Å². The Morgan fingerprint density at radius 1 is 0.891 bits per heavy atom. The van der Waals surface area contributed by atoms with Gasteiger partial charge in [0.05, 0.1) is 12.1 Å². The average Bonchev–Trinajstić information content (AvgIpc) is 3.42. The highest BCUT2D eigenvalue weighted by Crippen LogP contribution is 2.29. The molecule has 1 unspecified atom stereocenters. The Morgan fingerprint density at radius 3 is 1.93 bits per heavy atom. The second kappa shape index (κ2) is 19.3. The number of rotatable bonds is 19. The van der Waals surface area contributed by atoms with Gasteiger partial charge in [-0.15, -0.1) is 0 Å². The van der Waals surface area contributed by atoms with Gasteiger partial charge in [-0.05, 0) is 49.4 Å². The lowest BCUT2D eigenvalue weighted by atomic mass is 9.76. The lowest BCUT2D eigenvalue weighted by molar-refractivity contribution is -0.142. The molecule has 6 amide bonds. The third kappa shape index (κ3) is 12.3. The fraction of sp³-hybridized carbons (Fsp3) is 0.538. The Kier molecular flexibility index (Phi) is 16.0. The van der Waals surface area contributed by atoms with Crippen LogP contribution >= 0.6 is 0 Å². The first-order valence-corrected chi connectivity index (χ1v) is 18.0. The number of hydrogen-bond acceptors (Lipinski definition) is 9. The van der Waals surface area contributed by atoms with Crippen molar-refractivity contribution in [2.24, 2.45) is 11.3 Å². The van der Waals surface area contributed by atoms with E-state index in [1.165, 1.54) is 24.0 Å². The second-order valence-electron chi connectivity index (χ2n) is 15.6. The van der Waals surface area contributed by atoms with Crippen LogP contribution in [0.4, 0.5) is 0 Å². The summed E-state index contributed by atoms with van der Waals surface area (Å²) in [6.45, 7) is 14.4. The molecule has 1 heterocycles. The van der Waals surface area contributed by atoms with E-state index < -0.39 is 88.8 Å². The van der Waals surface area contributed by atoms with Gasteiger partial charge >= 0.3 is 11.9 Å². The molecule has 0 bridgehead atoms. The Labute approximate surface area is 322 Å². The first-order chi connectivity index (χ1) is 25.4. The fourth-order valence-corrected chi connectivity index (χ4v) is 6.18. The Balaban J connectivity index is 2.23. The summed E-state index contributed by atoms with van der Waals surface area (Å²) < 4.78 is 0. The first-order valence-electron chi connectivity index (χ1n) is 18.0. The molecule has 16 heteroatoms. The van der Waals surface area contributed by atoms with E-state index in [1.54, 1.807) is 44.4 Å². The lowest BCUT2D eigenvalue weighted by Crippen LogP contribution is -2.61.